The fourth-order valence-corrected chi connectivity index (χ4v) is 3.60. The number of amides is 1. The van der Waals surface area contributed by atoms with Crippen LogP contribution < -0.4 is 11.1 Å². The highest BCUT2D eigenvalue weighted by molar-refractivity contribution is 9.11. The Morgan fingerprint density at radius 2 is 1.68 bits per heavy atom. The number of hydrogen-bond donors (Lipinski definition) is 2. The molecule has 2 aromatic carbocycles. The molecule has 7 heteroatoms. The van der Waals surface area contributed by atoms with Gasteiger partial charge in [0.25, 0.3) is 5.91 Å². The van der Waals surface area contributed by atoms with Gasteiger partial charge in [0.2, 0.25) is 0 Å². The van der Waals surface area contributed by atoms with Crippen LogP contribution in [0.4, 0.5) is 11.4 Å². The third-order valence-electron chi connectivity index (χ3n) is 3.30. The summed E-state index contributed by atoms with van der Waals surface area (Å²) in [6.07, 6.45) is 0. The van der Waals surface area contributed by atoms with Crippen molar-refractivity contribution >= 4 is 72.3 Å². The number of nitrogens with one attached hydrogen (secondary N) is 1. The average Bonchev–Trinajstić information content (AvgIpc) is 2.47. The number of nitrogens with two attached hydrogens (primary N) is 1. The molecule has 0 aliphatic heterocycles. The number of anilines is 2. The van der Waals surface area contributed by atoms with Crippen molar-refractivity contribution in [3.63, 3.8) is 0 Å². The van der Waals surface area contributed by atoms with E-state index in [1.165, 1.54) is 6.07 Å². The monoisotopic (exact) mass is 464 g/mol. The van der Waals surface area contributed by atoms with E-state index in [9.17, 15) is 4.79 Å². The van der Waals surface area contributed by atoms with E-state index < -0.39 is 0 Å². The van der Waals surface area contributed by atoms with E-state index in [2.05, 4.69) is 37.2 Å². The molecule has 0 saturated carbocycles. The van der Waals surface area contributed by atoms with Crippen LogP contribution in [0.2, 0.25) is 10.0 Å². The van der Waals surface area contributed by atoms with Gasteiger partial charge in [0.1, 0.15) is 0 Å². The van der Waals surface area contributed by atoms with Crippen LogP contribution in [0.1, 0.15) is 21.5 Å². The van der Waals surface area contributed by atoms with E-state index in [0.29, 0.717) is 27.0 Å². The van der Waals surface area contributed by atoms with Gasteiger partial charge in [-0.3, -0.25) is 4.79 Å². The van der Waals surface area contributed by atoms with Crippen molar-refractivity contribution in [2.24, 2.45) is 0 Å². The SMILES string of the molecule is Cc1c(Br)c(N)c(Br)c(C)c1NC(=O)c1ccc(Cl)cc1Cl. The number of hydrogen-bond acceptors (Lipinski definition) is 2. The molecule has 0 bridgehead atoms. The van der Waals surface area contributed by atoms with E-state index in [0.717, 1.165) is 20.1 Å². The van der Waals surface area contributed by atoms with Gasteiger partial charge in [0.05, 0.1) is 16.3 Å². The molecule has 0 unspecified atom stereocenters. The van der Waals surface area contributed by atoms with Crippen LogP contribution in [0, 0.1) is 13.8 Å². The molecule has 116 valence electrons. The fourth-order valence-electron chi connectivity index (χ4n) is 2.04. The Hall–Kier alpha value is -0.750. The molecular weight excluding hydrogens is 455 g/mol. The van der Waals surface area contributed by atoms with Gasteiger partial charge < -0.3 is 11.1 Å². The van der Waals surface area contributed by atoms with Crippen molar-refractivity contribution in [2.75, 3.05) is 11.1 Å². The molecular formula is C15H12Br2Cl2N2O. The molecule has 0 aliphatic carbocycles. The third-order valence-corrected chi connectivity index (χ3v) is 5.89. The molecule has 0 atom stereocenters. The molecule has 2 rings (SSSR count). The summed E-state index contributed by atoms with van der Waals surface area (Å²) in [5, 5.41) is 3.66. The van der Waals surface area contributed by atoms with Gasteiger partial charge in [-0.1, -0.05) is 23.2 Å². The highest BCUT2D eigenvalue weighted by atomic mass is 79.9. The van der Waals surface area contributed by atoms with Crippen LogP contribution in [0.5, 0.6) is 0 Å². The molecule has 0 aromatic heterocycles. The largest absolute Gasteiger partial charge is 0.397 e. The van der Waals surface area contributed by atoms with E-state index >= 15 is 0 Å². The minimum atomic E-state index is -0.309. The number of rotatable bonds is 2. The molecule has 0 fully saturated rings. The van der Waals surface area contributed by atoms with Gasteiger partial charge >= 0.3 is 0 Å². The second kappa shape index (κ2) is 6.79. The van der Waals surface area contributed by atoms with E-state index in [-0.39, 0.29) is 5.91 Å². The maximum Gasteiger partial charge on any atom is 0.257 e. The Balaban J connectivity index is 2.45. The Kier molecular flexibility index (Phi) is 5.43. The summed E-state index contributed by atoms with van der Waals surface area (Å²) < 4.78 is 1.48. The third kappa shape index (κ3) is 3.27. The van der Waals surface area contributed by atoms with Crippen LogP contribution in [-0.2, 0) is 0 Å². The van der Waals surface area contributed by atoms with Crippen molar-refractivity contribution in [1.82, 2.24) is 0 Å². The summed E-state index contributed by atoms with van der Waals surface area (Å²) in [5.41, 5.74) is 9.32. The Morgan fingerprint density at radius 1 is 1.14 bits per heavy atom. The second-order valence-corrected chi connectivity index (χ2v) is 7.17. The quantitative estimate of drug-likeness (QED) is 0.536. The smallest absolute Gasteiger partial charge is 0.257 e. The van der Waals surface area contributed by atoms with E-state index in [1.54, 1.807) is 12.1 Å². The topological polar surface area (TPSA) is 55.1 Å². The maximum atomic E-state index is 12.5. The maximum absolute atomic E-state index is 12.5. The summed E-state index contributed by atoms with van der Waals surface area (Å²) in [6, 6.07) is 4.75. The molecule has 2 aromatic rings. The molecule has 0 spiro atoms. The van der Waals surface area contributed by atoms with Gasteiger partial charge in [-0.15, -0.1) is 0 Å². The lowest BCUT2D eigenvalue weighted by molar-refractivity contribution is 0.102. The van der Waals surface area contributed by atoms with E-state index in [1.807, 2.05) is 13.8 Å². The van der Waals surface area contributed by atoms with Crippen molar-refractivity contribution in [2.45, 2.75) is 13.8 Å². The van der Waals surface area contributed by atoms with Gasteiger partial charge in [-0.25, -0.2) is 0 Å². The van der Waals surface area contributed by atoms with Crippen molar-refractivity contribution in [1.29, 1.82) is 0 Å². The number of benzene rings is 2. The lowest BCUT2D eigenvalue weighted by Crippen LogP contribution is -2.15. The van der Waals surface area contributed by atoms with Gasteiger partial charge in [-0.2, -0.15) is 0 Å². The van der Waals surface area contributed by atoms with Crippen LogP contribution in [0.15, 0.2) is 27.1 Å². The highest BCUT2D eigenvalue weighted by Gasteiger charge is 2.18. The Morgan fingerprint density at radius 3 is 2.18 bits per heavy atom. The first-order valence-electron chi connectivity index (χ1n) is 6.24. The van der Waals surface area contributed by atoms with Gasteiger partial charge in [-0.05, 0) is 75.0 Å². The standard InChI is InChI=1S/C15H12Br2Cl2N2O/c1-6-11(16)13(20)12(17)7(2)14(6)21-15(22)9-4-3-8(18)5-10(9)19/h3-5H,20H2,1-2H3,(H,21,22). The summed E-state index contributed by atoms with van der Waals surface area (Å²) in [6.45, 7) is 3.75. The predicted molar refractivity (Wildman–Crippen MR) is 100 cm³/mol. The van der Waals surface area contributed by atoms with Crippen molar-refractivity contribution in [3.8, 4) is 0 Å². The van der Waals surface area contributed by atoms with Gasteiger partial charge in [0.15, 0.2) is 0 Å². The zero-order valence-electron chi connectivity index (χ0n) is 11.7. The zero-order chi connectivity index (χ0) is 16.6. The molecule has 3 N–H and O–H groups in total. The van der Waals surface area contributed by atoms with E-state index in [4.69, 9.17) is 28.9 Å². The normalized spacial score (nSPS) is 10.6. The summed E-state index contributed by atoms with van der Waals surface area (Å²) >= 11 is 18.8. The fraction of sp³-hybridized carbons (Fsp3) is 0.133. The first kappa shape index (κ1) is 17.6. The summed E-state index contributed by atoms with van der Waals surface area (Å²) in [5.74, 6) is -0.309. The summed E-state index contributed by atoms with van der Waals surface area (Å²) in [7, 11) is 0. The van der Waals surface area contributed by atoms with Crippen LogP contribution >= 0.6 is 55.1 Å². The second-order valence-electron chi connectivity index (χ2n) is 4.74. The molecule has 0 aliphatic rings. The lowest BCUT2D eigenvalue weighted by Gasteiger charge is -2.17. The molecule has 22 heavy (non-hydrogen) atoms. The van der Waals surface area contributed by atoms with Crippen molar-refractivity contribution in [3.05, 3.63) is 53.9 Å². The Labute approximate surface area is 155 Å². The van der Waals surface area contributed by atoms with Crippen LogP contribution in [-0.4, -0.2) is 5.91 Å². The van der Waals surface area contributed by atoms with Crippen LogP contribution in [0.3, 0.4) is 0 Å². The minimum Gasteiger partial charge on any atom is -0.397 e. The number of nitrogen functional groups attached to an aromatic ring is 1. The predicted octanol–water partition coefficient (Wildman–Crippen LogP) is 5.97. The molecule has 0 saturated heterocycles. The average molecular weight is 467 g/mol. The first-order valence-corrected chi connectivity index (χ1v) is 8.58. The van der Waals surface area contributed by atoms with Crippen LogP contribution in [0.25, 0.3) is 0 Å². The molecule has 0 heterocycles. The molecule has 1 amide bonds. The number of carbonyl (C=O) groups is 1. The first-order chi connectivity index (χ1) is 10.2. The molecule has 0 radical (unpaired) electrons. The molecule has 3 nitrogen and oxygen atoms in total. The number of halogens is 4. The Bertz CT molecular complexity index is 750. The number of carbonyl (C=O) groups excluding carboxylic acids is 1. The highest BCUT2D eigenvalue weighted by Crippen LogP contribution is 2.40. The zero-order valence-corrected chi connectivity index (χ0v) is 16.4. The lowest BCUT2D eigenvalue weighted by atomic mass is 10.1. The van der Waals surface area contributed by atoms with Gasteiger partial charge in [0, 0.05) is 19.7 Å². The van der Waals surface area contributed by atoms with Crippen molar-refractivity contribution < 1.29 is 4.79 Å². The summed E-state index contributed by atoms with van der Waals surface area (Å²) in [4.78, 5) is 12.5. The minimum absolute atomic E-state index is 0.300.